The Hall–Kier alpha value is -0.850. The van der Waals surface area contributed by atoms with Crippen molar-refractivity contribution in [2.24, 2.45) is 5.92 Å². The molecule has 64 valence electrons. The molecule has 2 aliphatic rings. The van der Waals surface area contributed by atoms with Crippen molar-refractivity contribution < 1.29 is 4.79 Å². The first kappa shape index (κ1) is 7.78. The summed E-state index contributed by atoms with van der Waals surface area (Å²) in [5.41, 5.74) is 1.57. The van der Waals surface area contributed by atoms with E-state index in [1.807, 2.05) is 0 Å². The Morgan fingerprint density at radius 3 is 2.83 bits per heavy atom. The van der Waals surface area contributed by atoms with Crippen LogP contribution in [-0.2, 0) is 4.79 Å². The van der Waals surface area contributed by atoms with Gasteiger partial charge in [0.05, 0.1) is 0 Å². The van der Waals surface area contributed by atoms with Crippen LogP contribution in [0.3, 0.4) is 0 Å². The summed E-state index contributed by atoms with van der Waals surface area (Å²) in [5.74, 6) is 0.884. The quantitative estimate of drug-likeness (QED) is 0.542. The van der Waals surface area contributed by atoms with E-state index in [0.717, 1.165) is 12.8 Å². The lowest BCUT2D eigenvalue weighted by atomic mass is 9.88. The lowest BCUT2D eigenvalue weighted by Crippen LogP contribution is -2.08. The van der Waals surface area contributed by atoms with Crippen molar-refractivity contribution in [1.29, 1.82) is 0 Å². The molecule has 2 rings (SSSR count). The molecule has 0 radical (unpaired) electrons. The molecule has 1 unspecified atom stereocenters. The highest BCUT2D eigenvalue weighted by molar-refractivity contribution is 5.90. The summed E-state index contributed by atoms with van der Waals surface area (Å²) in [7, 11) is 0. The Bertz CT molecular complexity index is 248. The van der Waals surface area contributed by atoms with E-state index in [9.17, 15) is 4.79 Å². The van der Waals surface area contributed by atoms with Gasteiger partial charge in [-0.1, -0.05) is 17.7 Å². The van der Waals surface area contributed by atoms with Crippen LogP contribution in [0.1, 0.15) is 32.1 Å². The minimum atomic E-state index is 0.296. The maximum absolute atomic E-state index is 10.9. The molecule has 0 N–H and O–H groups in total. The molecule has 1 nitrogen and oxygen atoms in total. The molecule has 0 bridgehead atoms. The fourth-order valence-electron chi connectivity index (χ4n) is 2.04. The van der Waals surface area contributed by atoms with Gasteiger partial charge in [-0.05, 0) is 37.7 Å². The second-order valence-corrected chi connectivity index (χ2v) is 3.64. The lowest BCUT2D eigenvalue weighted by Gasteiger charge is -2.16. The minimum Gasteiger partial charge on any atom is -0.295 e. The van der Waals surface area contributed by atoms with Gasteiger partial charge in [0.2, 0.25) is 0 Å². The molecule has 0 aromatic rings. The molecule has 0 aromatic heterocycles. The number of hydrogen-bond donors (Lipinski definition) is 0. The second kappa shape index (κ2) is 3.26. The highest BCUT2D eigenvalue weighted by Crippen LogP contribution is 2.30. The smallest absolute Gasteiger partial charge is 0.155 e. The monoisotopic (exact) mass is 162 g/mol. The van der Waals surface area contributed by atoms with Crippen molar-refractivity contribution in [2.45, 2.75) is 32.1 Å². The average molecular weight is 162 g/mol. The molecule has 0 saturated carbocycles. The van der Waals surface area contributed by atoms with Gasteiger partial charge in [-0.25, -0.2) is 0 Å². The van der Waals surface area contributed by atoms with Gasteiger partial charge in [0.25, 0.3) is 0 Å². The highest BCUT2D eigenvalue weighted by atomic mass is 16.1. The zero-order valence-electron chi connectivity index (χ0n) is 7.25. The molecule has 0 spiro atoms. The number of carbonyl (C=O) groups excluding carboxylic acids is 1. The van der Waals surface area contributed by atoms with Crippen LogP contribution in [0, 0.1) is 5.92 Å². The van der Waals surface area contributed by atoms with Crippen molar-refractivity contribution in [3.05, 3.63) is 23.8 Å². The van der Waals surface area contributed by atoms with Gasteiger partial charge in [-0.15, -0.1) is 0 Å². The van der Waals surface area contributed by atoms with E-state index >= 15 is 0 Å². The first-order valence-corrected chi connectivity index (χ1v) is 4.76. The van der Waals surface area contributed by atoms with Crippen LogP contribution < -0.4 is 0 Å². The Morgan fingerprint density at radius 2 is 2.25 bits per heavy atom. The third kappa shape index (κ3) is 1.50. The highest BCUT2D eigenvalue weighted by Gasteiger charge is 2.18. The molecule has 1 heteroatoms. The van der Waals surface area contributed by atoms with Gasteiger partial charge >= 0.3 is 0 Å². The molecular formula is C11H14O. The van der Waals surface area contributed by atoms with E-state index in [0.29, 0.717) is 11.7 Å². The van der Waals surface area contributed by atoms with Crippen LogP contribution in [0.4, 0.5) is 0 Å². The molecule has 0 saturated heterocycles. The van der Waals surface area contributed by atoms with Crippen molar-refractivity contribution in [2.75, 3.05) is 0 Å². The fourth-order valence-corrected chi connectivity index (χ4v) is 2.04. The zero-order valence-corrected chi connectivity index (χ0v) is 7.25. The maximum Gasteiger partial charge on any atom is 0.155 e. The van der Waals surface area contributed by atoms with E-state index in [1.165, 1.54) is 19.3 Å². The van der Waals surface area contributed by atoms with E-state index in [1.54, 1.807) is 11.6 Å². The second-order valence-electron chi connectivity index (χ2n) is 3.64. The van der Waals surface area contributed by atoms with E-state index < -0.39 is 0 Å². The van der Waals surface area contributed by atoms with E-state index in [2.05, 4.69) is 12.2 Å². The Morgan fingerprint density at radius 1 is 1.33 bits per heavy atom. The number of rotatable bonds is 1. The predicted octanol–water partition coefficient (Wildman–Crippen LogP) is 2.63. The van der Waals surface area contributed by atoms with Gasteiger partial charge in [0.15, 0.2) is 5.78 Å². The third-order valence-corrected chi connectivity index (χ3v) is 2.77. The standard InChI is InChI=1S/C11H14O/c12-11-7-5-10(6-8-11)9-3-1-2-4-9/h3,5,7,10H,1-2,4,6,8H2. The van der Waals surface area contributed by atoms with Gasteiger partial charge < -0.3 is 0 Å². The van der Waals surface area contributed by atoms with Crippen molar-refractivity contribution in [3.63, 3.8) is 0 Å². The molecular weight excluding hydrogens is 148 g/mol. The van der Waals surface area contributed by atoms with E-state index in [4.69, 9.17) is 0 Å². The first-order valence-electron chi connectivity index (χ1n) is 4.76. The van der Waals surface area contributed by atoms with Crippen LogP contribution in [0.5, 0.6) is 0 Å². The van der Waals surface area contributed by atoms with Crippen LogP contribution in [-0.4, -0.2) is 5.78 Å². The number of ketones is 1. The third-order valence-electron chi connectivity index (χ3n) is 2.77. The summed E-state index contributed by atoms with van der Waals surface area (Å²) in [5, 5.41) is 0. The molecule has 0 amide bonds. The molecule has 2 aliphatic carbocycles. The van der Waals surface area contributed by atoms with Crippen LogP contribution in [0.15, 0.2) is 23.8 Å². The normalized spacial score (nSPS) is 29.2. The molecule has 12 heavy (non-hydrogen) atoms. The van der Waals surface area contributed by atoms with Crippen LogP contribution in [0.2, 0.25) is 0 Å². The summed E-state index contributed by atoms with van der Waals surface area (Å²) in [6.45, 7) is 0. The SMILES string of the molecule is O=C1C=CC(C2=CCCC2)CC1. The predicted molar refractivity (Wildman–Crippen MR) is 48.8 cm³/mol. The average Bonchev–Trinajstić information content (AvgIpc) is 2.58. The maximum atomic E-state index is 10.9. The summed E-state index contributed by atoms with van der Waals surface area (Å²) in [6.07, 6.45) is 11.8. The fraction of sp³-hybridized carbons (Fsp3) is 0.545. The summed E-state index contributed by atoms with van der Waals surface area (Å²) < 4.78 is 0. The summed E-state index contributed by atoms with van der Waals surface area (Å²) in [6, 6.07) is 0. The molecule has 0 heterocycles. The van der Waals surface area contributed by atoms with Gasteiger partial charge in [-0.3, -0.25) is 4.79 Å². The Labute approximate surface area is 73.2 Å². The first-order chi connectivity index (χ1) is 5.86. The molecule has 0 fully saturated rings. The van der Waals surface area contributed by atoms with E-state index in [-0.39, 0.29) is 0 Å². The molecule has 1 atom stereocenters. The van der Waals surface area contributed by atoms with Gasteiger partial charge in [0.1, 0.15) is 0 Å². The Kier molecular flexibility index (Phi) is 2.11. The number of hydrogen-bond acceptors (Lipinski definition) is 1. The largest absolute Gasteiger partial charge is 0.295 e. The molecule has 0 aliphatic heterocycles. The van der Waals surface area contributed by atoms with Gasteiger partial charge in [0, 0.05) is 6.42 Å². The van der Waals surface area contributed by atoms with Gasteiger partial charge in [-0.2, -0.15) is 0 Å². The van der Waals surface area contributed by atoms with Crippen molar-refractivity contribution in [1.82, 2.24) is 0 Å². The summed E-state index contributed by atoms with van der Waals surface area (Å²) >= 11 is 0. The Balaban J connectivity index is 2.05. The topological polar surface area (TPSA) is 17.1 Å². The summed E-state index contributed by atoms with van der Waals surface area (Å²) in [4.78, 5) is 10.9. The van der Waals surface area contributed by atoms with Crippen LogP contribution >= 0.6 is 0 Å². The van der Waals surface area contributed by atoms with Crippen molar-refractivity contribution >= 4 is 5.78 Å². The lowest BCUT2D eigenvalue weighted by molar-refractivity contribution is -0.115. The number of allylic oxidation sites excluding steroid dienone is 4. The van der Waals surface area contributed by atoms with Crippen LogP contribution in [0.25, 0.3) is 0 Å². The van der Waals surface area contributed by atoms with Crippen molar-refractivity contribution in [3.8, 4) is 0 Å². The number of carbonyl (C=O) groups is 1. The minimum absolute atomic E-state index is 0.296. The molecule has 0 aromatic carbocycles. The zero-order chi connectivity index (χ0) is 8.39.